The standard InChI is InChI=1S/C25H35NO5/c1-6-12(2)14(4)26-21(28)19-18-15(9-17-20(27)23(18,5)22(29)31-17)16-7-8-25(30)11-24(16,19)10-13(25)3/h9,12,14,16-20,27,30H,3,6-8,10-11H2,1-2,4-5H3,(H,26,28)/t12-,14+,16-,17+,18+,19+,20-,23-,24-,25-/m0/s1. The van der Waals surface area contributed by atoms with Gasteiger partial charge in [-0.05, 0) is 68.4 Å². The SMILES string of the molecule is C=C1C[C@]23C[C@@]1(O)CC[C@H]2C1=C[C@H]2OC(=O)[C@@](C)([C@H]1[C@@H]3C(=O)N[C@H](C)[C@@H](C)CC)[C@H]2O. The van der Waals surface area contributed by atoms with E-state index in [1.165, 1.54) is 0 Å². The summed E-state index contributed by atoms with van der Waals surface area (Å²) in [5.41, 5.74) is -0.667. The molecule has 0 aromatic rings. The van der Waals surface area contributed by atoms with Crippen molar-refractivity contribution in [1.82, 2.24) is 5.32 Å². The third-order valence-electron chi connectivity index (χ3n) is 9.84. The first kappa shape index (κ1) is 21.2. The van der Waals surface area contributed by atoms with Crippen molar-refractivity contribution in [2.24, 2.45) is 34.5 Å². The molecule has 4 bridgehead atoms. The van der Waals surface area contributed by atoms with Crippen LogP contribution in [0.15, 0.2) is 23.8 Å². The molecule has 1 amide bonds. The first-order valence-corrected chi connectivity index (χ1v) is 11.8. The highest BCUT2D eigenvalue weighted by Crippen LogP contribution is 2.74. The molecule has 0 radical (unpaired) electrons. The number of ether oxygens (including phenoxy) is 1. The molecule has 10 atom stereocenters. The Morgan fingerprint density at radius 1 is 1.42 bits per heavy atom. The Labute approximate surface area is 184 Å². The number of aliphatic hydroxyl groups is 2. The van der Waals surface area contributed by atoms with E-state index in [0.717, 1.165) is 24.0 Å². The summed E-state index contributed by atoms with van der Waals surface area (Å²) in [7, 11) is 0. The van der Waals surface area contributed by atoms with Gasteiger partial charge < -0.3 is 20.3 Å². The molecule has 3 N–H and O–H groups in total. The van der Waals surface area contributed by atoms with Crippen LogP contribution in [0, 0.1) is 34.5 Å². The van der Waals surface area contributed by atoms with Crippen LogP contribution in [-0.4, -0.2) is 45.9 Å². The van der Waals surface area contributed by atoms with Gasteiger partial charge in [-0.1, -0.05) is 32.4 Å². The minimum absolute atomic E-state index is 0.00273. The third kappa shape index (κ3) is 2.46. The number of rotatable bonds is 4. The number of fused-ring (bicyclic) bond motifs is 6. The lowest BCUT2D eigenvalue weighted by atomic mass is 9.60. The van der Waals surface area contributed by atoms with Gasteiger partial charge >= 0.3 is 5.97 Å². The minimum Gasteiger partial charge on any atom is -0.455 e. The van der Waals surface area contributed by atoms with Crippen LogP contribution in [0.2, 0.25) is 0 Å². The second-order valence-electron chi connectivity index (χ2n) is 11.2. The molecule has 6 heteroatoms. The zero-order valence-corrected chi connectivity index (χ0v) is 19.0. The van der Waals surface area contributed by atoms with Gasteiger partial charge in [-0.3, -0.25) is 9.59 Å². The maximum atomic E-state index is 13.9. The van der Waals surface area contributed by atoms with E-state index in [2.05, 4.69) is 25.7 Å². The summed E-state index contributed by atoms with van der Waals surface area (Å²) in [6.45, 7) is 12.2. The van der Waals surface area contributed by atoms with E-state index in [-0.39, 0.29) is 17.9 Å². The van der Waals surface area contributed by atoms with Crippen LogP contribution in [0.4, 0.5) is 0 Å². The highest BCUT2D eigenvalue weighted by atomic mass is 16.6. The van der Waals surface area contributed by atoms with Gasteiger partial charge in [0.05, 0.1) is 11.5 Å². The van der Waals surface area contributed by atoms with Crippen molar-refractivity contribution in [3.63, 3.8) is 0 Å². The number of hydrogen-bond acceptors (Lipinski definition) is 5. The molecule has 1 aliphatic heterocycles. The number of carbonyl (C=O) groups excluding carboxylic acids is 2. The average molecular weight is 430 g/mol. The van der Waals surface area contributed by atoms with Gasteiger partial charge in [0.2, 0.25) is 5.91 Å². The first-order valence-electron chi connectivity index (χ1n) is 11.8. The molecule has 0 aromatic carbocycles. The van der Waals surface area contributed by atoms with Crippen LogP contribution >= 0.6 is 0 Å². The zero-order chi connectivity index (χ0) is 22.5. The van der Waals surface area contributed by atoms with Gasteiger partial charge in [-0.2, -0.15) is 0 Å². The summed E-state index contributed by atoms with van der Waals surface area (Å²) in [5, 5.41) is 25.5. The van der Waals surface area contributed by atoms with E-state index in [4.69, 9.17) is 4.74 Å². The maximum absolute atomic E-state index is 13.9. The number of aliphatic hydroxyl groups excluding tert-OH is 1. The fraction of sp³-hybridized carbons (Fsp3) is 0.760. The van der Waals surface area contributed by atoms with E-state index in [9.17, 15) is 19.8 Å². The fourth-order valence-corrected chi connectivity index (χ4v) is 7.69. The molecule has 1 spiro atoms. The maximum Gasteiger partial charge on any atom is 0.315 e. The Balaban J connectivity index is 1.63. The quantitative estimate of drug-likeness (QED) is 0.471. The number of allylic oxidation sites excluding steroid dienone is 1. The van der Waals surface area contributed by atoms with Crippen molar-refractivity contribution >= 4 is 11.9 Å². The molecule has 4 aliphatic carbocycles. The van der Waals surface area contributed by atoms with Gasteiger partial charge in [-0.15, -0.1) is 0 Å². The van der Waals surface area contributed by atoms with Crippen LogP contribution < -0.4 is 5.32 Å². The second kappa shape index (κ2) is 6.44. The molecule has 1 saturated heterocycles. The molecule has 0 aromatic heterocycles. The lowest BCUT2D eigenvalue weighted by Gasteiger charge is -2.43. The van der Waals surface area contributed by atoms with E-state index < -0.39 is 46.4 Å². The van der Waals surface area contributed by atoms with Crippen molar-refractivity contribution in [3.8, 4) is 0 Å². The minimum atomic E-state index is -1.15. The summed E-state index contributed by atoms with van der Waals surface area (Å²) in [6, 6.07) is -0.00273. The van der Waals surface area contributed by atoms with Crippen molar-refractivity contribution in [2.75, 3.05) is 0 Å². The van der Waals surface area contributed by atoms with Gasteiger partial charge in [0.1, 0.15) is 17.6 Å². The Bertz CT molecular complexity index is 896. The van der Waals surface area contributed by atoms with Crippen molar-refractivity contribution in [3.05, 3.63) is 23.8 Å². The fourth-order valence-electron chi connectivity index (χ4n) is 7.69. The van der Waals surface area contributed by atoms with Gasteiger partial charge in [-0.25, -0.2) is 0 Å². The van der Waals surface area contributed by atoms with Crippen molar-refractivity contribution in [2.45, 2.75) is 83.6 Å². The van der Waals surface area contributed by atoms with Crippen LogP contribution in [0.1, 0.15) is 59.8 Å². The summed E-state index contributed by atoms with van der Waals surface area (Å²) >= 11 is 0. The Hall–Kier alpha value is -1.66. The summed E-state index contributed by atoms with van der Waals surface area (Å²) < 4.78 is 5.54. The smallest absolute Gasteiger partial charge is 0.315 e. The van der Waals surface area contributed by atoms with Gasteiger partial charge in [0.15, 0.2) is 0 Å². The predicted molar refractivity (Wildman–Crippen MR) is 115 cm³/mol. The normalized spacial score (nSPS) is 49.1. The monoisotopic (exact) mass is 429 g/mol. The van der Waals surface area contributed by atoms with Crippen LogP contribution in [-0.2, 0) is 14.3 Å². The van der Waals surface area contributed by atoms with E-state index in [1.807, 2.05) is 13.0 Å². The number of esters is 1. The molecule has 3 saturated carbocycles. The molecular formula is C25H35NO5. The number of hydrogen-bond donors (Lipinski definition) is 3. The first-order chi connectivity index (χ1) is 14.5. The lowest BCUT2D eigenvalue weighted by molar-refractivity contribution is -0.151. The lowest BCUT2D eigenvalue weighted by Crippen LogP contribution is -2.53. The van der Waals surface area contributed by atoms with Crippen molar-refractivity contribution < 1.29 is 24.5 Å². The Morgan fingerprint density at radius 2 is 2.13 bits per heavy atom. The molecule has 1 heterocycles. The summed E-state index contributed by atoms with van der Waals surface area (Å²) in [5.74, 6) is -1.00. The van der Waals surface area contributed by atoms with E-state index >= 15 is 0 Å². The molecule has 170 valence electrons. The number of nitrogens with one attached hydrogen (secondary N) is 1. The summed E-state index contributed by atoms with van der Waals surface area (Å²) in [6.07, 6.45) is 3.74. The molecule has 4 fully saturated rings. The molecule has 0 unspecified atom stereocenters. The molecule has 31 heavy (non-hydrogen) atoms. The Morgan fingerprint density at radius 3 is 2.81 bits per heavy atom. The zero-order valence-electron chi connectivity index (χ0n) is 19.0. The average Bonchev–Trinajstić information content (AvgIpc) is 3.15. The van der Waals surface area contributed by atoms with Crippen LogP contribution in [0.5, 0.6) is 0 Å². The van der Waals surface area contributed by atoms with Gasteiger partial charge in [0.25, 0.3) is 0 Å². The van der Waals surface area contributed by atoms with Crippen LogP contribution in [0.25, 0.3) is 0 Å². The predicted octanol–water partition coefficient (Wildman–Crippen LogP) is 2.49. The Kier molecular flexibility index (Phi) is 4.41. The molecule has 5 aliphatic rings. The highest BCUT2D eigenvalue weighted by molar-refractivity contribution is 5.88. The van der Waals surface area contributed by atoms with E-state index in [0.29, 0.717) is 25.2 Å². The third-order valence-corrected chi connectivity index (χ3v) is 9.84. The van der Waals surface area contributed by atoms with Crippen molar-refractivity contribution in [1.29, 1.82) is 0 Å². The molecular weight excluding hydrogens is 394 g/mol. The van der Waals surface area contributed by atoms with Crippen LogP contribution in [0.3, 0.4) is 0 Å². The van der Waals surface area contributed by atoms with E-state index in [1.54, 1.807) is 6.92 Å². The number of amides is 1. The molecule has 5 rings (SSSR count). The second-order valence-corrected chi connectivity index (χ2v) is 11.2. The largest absolute Gasteiger partial charge is 0.455 e. The number of carbonyl (C=O) groups is 2. The summed E-state index contributed by atoms with van der Waals surface area (Å²) in [4.78, 5) is 26.9. The molecule has 6 nitrogen and oxygen atoms in total. The van der Waals surface area contributed by atoms with Gasteiger partial charge in [0, 0.05) is 12.0 Å². The highest BCUT2D eigenvalue weighted by Gasteiger charge is 2.75. The topological polar surface area (TPSA) is 95.9 Å².